The Morgan fingerprint density at radius 1 is 1.11 bits per heavy atom. The first-order valence-electron chi connectivity index (χ1n) is 8.27. The van der Waals surface area contributed by atoms with Crippen LogP contribution >= 0.6 is 11.8 Å². The van der Waals surface area contributed by atoms with Crippen molar-refractivity contribution in [2.24, 2.45) is 0 Å². The Bertz CT molecular complexity index is 972. The molecule has 8 heteroatoms. The van der Waals surface area contributed by atoms with Gasteiger partial charge in [0.15, 0.2) is 17.3 Å². The van der Waals surface area contributed by atoms with Gasteiger partial charge < -0.3 is 18.6 Å². The van der Waals surface area contributed by atoms with Gasteiger partial charge >= 0.3 is 0 Å². The molecule has 0 radical (unpaired) electrons. The predicted molar refractivity (Wildman–Crippen MR) is 98.8 cm³/mol. The second-order valence-electron chi connectivity index (χ2n) is 5.64. The van der Waals surface area contributed by atoms with Gasteiger partial charge in [-0.2, -0.15) is 0 Å². The molecule has 0 atom stereocenters. The van der Waals surface area contributed by atoms with Crippen LogP contribution in [0.5, 0.6) is 17.2 Å². The monoisotopic (exact) mass is 384 g/mol. The Kier molecular flexibility index (Phi) is 4.97. The van der Waals surface area contributed by atoms with Crippen LogP contribution in [0, 0.1) is 0 Å². The van der Waals surface area contributed by atoms with E-state index in [1.54, 1.807) is 25.3 Å². The minimum atomic E-state index is -0.0611. The van der Waals surface area contributed by atoms with Crippen LogP contribution in [0.3, 0.4) is 0 Å². The van der Waals surface area contributed by atoms with Crippen LogP contribution in [-0.4, -0.2) is 42.1 Å². The van der Waals surface area contributed by atoms with E-state index in [-0.39, 0.29) is 11.5 Å². The minimum Gasteiger partial charge on any atom is -0.496 e. The smallest absolute Gasteiger partial charge is 0.277 e. The Morgan fingerprint density at radius 3 is 2.78 bits per heavy atom. The average Bonchev–Trinajstić information content (AvgIpc) is 3.20. The topological polar surface area (TPSA) is 83.7 Å². The van der Waals surface area contributed by atoms with E-state index < -0.39 is 0 Å². The fourth-order valence-electron chi connectivity index (χ4n) is 2.63. The average molecular weight is 384 g/mol. The zero-order chi connectivity index (χ0) is 18.6. The maximum absolute atomic E-state index is 12.5. The highest BCUT2D eigenvalue weighted by Gasteiger charge is 2.17. The first-order valence-corrected chi connectivity index (χ1v) is 9.25. The van der Waals surface area contributed by atoms with Gasteiger partial charge in [0.1, 0.15) is 19.0 Å². The van der Waals surface area contributed by atoms with Crippen LogP contribution in [-0.2, 0) is 0 Å². The van der Waals surface area contributed by atoms with Crippen LogP contribution in [0.25, 0.3) is 11.5 Å². The molecule has 0 fully saturated rings. The fourth-order valence-corrected chi connectivity index (χ4v) is 3.28. The van der Waals surface area contributed by atoms with E-state index in [0.29, 0.717) is 52.7 Å². The summed E-state index contributed by atoms with van der Waals surface area (Å²) < 4.78 is 21.9. The Hall–Kier alpha value is -3.00. The first-order chi connectivity index (χ1) is 13.2. The second kappa shape index (κ2) is 7.71. The molecule has 1 aromatic heterocycles. The Balaban J connectivity index is 1.43. The normalized spacial score (nSPS) is 12.6. The van der Waals surface area contributed by atoms with Gasteiger partial charge in [-0.25, -0.2) is 0 Å². The molecule has 7 nitrogen and oxygen atoms in total. The van der Waals surface area contributed by atoms with Crippen LogP contribution in [0.4, 0.5) is 0 Å². The molecule has 0 spiro atoms. The van der Waals surface area contributed by atoms with Crippen molar-refractivity contribution in [1.82, 2.24) is 10.2 Å². The molecule has 1 aliphatic rings. The maximum atomic E-state index is 12.5. The van der Waals surface area contributed by atoms with E-state index in [2.05, 4.69) is 10.2 Å². The number of aromatic nitrogens is 2. The summed E-state index contributed by atoms with van der Waals surface area (Å²) in [6.45, 7) is 0.995. The Morgan fingerprint density at radius 2 is 1.93 bits per heavy atom. The van der Waals surface area contributed by atoms with Crippen molar-refractivity contribution >= 4 is 17.5 Å². The van der Waals surface area contributed by atoms with E-state index in [4.69, 9.17) is 18.6 Å². The number of Topliss-reactive ketones (excluding diaryl/α,β-unsaturated/α-hetero) is 1. The van der Waals surface area contributed by atoms with Crippen molar-refractivity contribution in [2.45, 2.75) is 5.22 Å². The zero-order valence-corrected chi connectivity index (χ0v) is 15.3. The number of nitrogens with zero attached hydrogens (tertiary/aromatic N) is 2. The third kappa shape index (κ3) is 3.75. The first kappa shape index (κ1) is 17.4. The Labute approximate surface area is 159 Å². The summed E-state index contributed by atoms with van der Waals surface area (Å²) in [5.41, 5.74) is 1.26. The van der Waals surface area contributed by atoms with E-state index >= 15 is 0 Å². The van der Waals surface area contributed by atoms with Gasteiger partial charge in [0.2, 0.25) is 0 Å². The summed E-state index contributed by atoms with van der Waals surface area (Å²) in [4.78, 5) is 12.5. The highest BCUT2D eigenvalue weighted by Crippen LogP contribution is 2.32. The summed E-state index contributed by atoms with van der Waals surface area (Å²) in [6, 6.07) is 12.5. The molecule has 0 bridgehead atoms. The van der Waals surface area contributed by atoms with Crippen molar-refractivity contribution in [3.05, 3.63) is 48.0 Å². The predicted octanol–water partition coefficient (Wildman–Crippen LogP) is 3.49. The molecule has 0 aliphatic carbocycles. The van der Waals surface area contributed by atoms with Gasteiger partial charge in [-0.05, 0) is 30.3 Å². The maximum Gasteiger partial charge on any atom is 0.277 e. The number of carbonyl (C=O) groups is 1. The molecule has 3 aromatic rings. The molecule has 0 amide bonds. The molecule has 2 heterocycles. The third-order valence-corrected chi connectivity index (χ3v) is 4.75. The largest absolute Gasteiger partial charge is 0.496 e. The molecule has 0 N–H and O–H groups in total. The number of thioether (sulfide) groups is 1. The number of ether oxygens (including phenoxy) is 3. The van der Waals surface area contributed by atoms with E-state index in [0.717, 1.165) is 0 Å². The lowest BCUT2D eigenvalue weighted by molar-refractivity contribution is 0.102. The zero-order valence-electron chi connectivity index (χ0n) is 14.5. The molecular formula is C19H16N2O5S. The lowest BCUT2D eigenvalue weighted by Crippen LogP contribution is -2.16. The van der Waals surface area contributed by atoms with Gasteiger partial charge in [0.05, 0.1) is 18.4 Å². The van der Waals surface area contributed by atoms with Gasteiger partial charge in [-0.3, -0.25) is 4.79 Å². The van der Waals surface area contributed by atoms with Gasteiger partial charge in [-0.15, -0.1) is 10.2 Å². The number of benzene rings is 2. The van der Waals surface area contributed by atoms with Crippen LogP contribution < -0.4 is 14.2 Å². The van der Waals surface area contributed by atoms with E-state index in [1.165, 1.54) is 11.8 Å². The molecule has 138 valence electrons. The molecule has 0 saturated heterocycles. The summed E-state index contributed by atoms with van der Waals surface area (Å²) in [5.74, 6) is 2.35. The lowest BCUT2D eigenvalue weighted by Gasteiger charge is -2.18. The molecule has 2 aromatic carbocycles. The standard InChI is InChI=1S/C19H16N2O5S/c1-23-15-5-3-2-4-13(15)18-20-21-19(26-18)27-11-14(22)12-6-7-16-17(10-12)25-9-8-24-16/h2-7,10H,8-9,11H2,1H3. The van der Waals surface area contributed by atoms with Crippen molar-refractivity contribution < 1.29 is 23.4 Å². The molecule has 0 saturated carbocycles. The summed E-state index contributed by atoms with van der Waals surface area (Å²) in [5, 5.41) is 8.36. The van der Waals surface area contributed by atoms with Crippen molar-refractivity contribution in [3.63, 3.8) is 0 Å². The number of rotatable bonds is 6. The molecule has 27 heavy (non-hydrogen) atoms. The number of methoxy groups -OCH3 is 1. The summed E-state index contributed by atoms with van der Waals surface area (Å²) in [6.07, 6.45) is 0. The number of carbonyl (C=O) groups excluding carboxylic acids is 1. The molecule has 1 aliphatic heterocycles. The van der Waals surface area contributed by atoms with Crippen LogP contribution in [0.2, 0.25) is 0 Å². The number of hydrogen-bond donors (Lipinski definition) is 0. The molecule has 0 unspecified atom stereocenters. The molecular weight excluding hydrogens is 368 g/mol. The van der Waals surface area contributed by atoms with Crippen molar-refractivity contribution in [3.8, 4) is 28.7 Å². The SMILES string of the molecule is COc1ccccc1-c1nnc(SCC(=O)c2ccc3c(c2)OCCO3)o1. The third-order valence-electron chi connectivity index (χ3n) is 3.93. The summed E-state index contributed by atoms with van der Waals surface area (Å²) >= 11 is 1.19. The van der Waals surface area contributed by atoms with Gasteiger partial charge in [-0.1, -0.05) is 23.9 Å². The number of para-hydroxylation sites is 1. The van der Waals surface area contributed by atoms with E-state index in [9.17, 15) is 4.79 Å². The number of hydrogen-bond acceptors (Lipinski definition) is 8. The quantitative estimate of drug-likeness (QED) is 0.472. The second-order valence-corrected chi connectivity index (χ2v) is 6.57. The van der Waals surface area contributed by atoms with Crippen molar-refractivity contribution in [2.75, 3.05) is 26.1 Å². The van der Waals surface area contributed by atoms with Gasteiger partial charge in [0, 0.05) is 5.56 Å². The van der Waals surface area contributed by atoms with Crippen molar-refractivity contribution in [1.29, 1.82) is 0 Å². The highest BCUT2D eigenvalue weighted by molar-refractivity contribution is 7.99. The number of fused-ring (bicyclic) bond motifs is 1. The highest BCUT2D eigenvalue weighted by atomic mass is 32.2. The van der Waals surface area contributed by atoms with Gasteiger partial charge in [0.25, 0.3) is 11.1 Å². The lowest BCUT2D eigenvalue weighted by atomic mass is 10.1. The summed E-state index contributed by atoms with van der Waals surface area (Å²) in [7, 11) is 1.58. The van der Waals surface area contributed by atoms with Crippen LogP contribution in [0.1, 0.15) is 10.4 Å². The van der Waals surface area contributed by atoms with E-state index in [1.807, 2.05) is 24.3 Å². The van der Waals surface area contributed by atoms with Crippen LogP contribution in [0.15, 0.2) is 52.1 Å². The minimum absolute atomic E-state index is 0.0611. The molecule has 4 rings (SSSR count). The fraction of sp³-hybridized carbons (Fsp3) is 0.211. The number of ketones is 1.